The monoisotopic (exact) mass is 433 g/mol. The molecule has 1 aromatic heterocycles. The van der Waals surface area contributed by atoms with E-state index < -0.39 is 5.72 Å². The molecular weight excluding hydrogens is 418 g/mol. The maximum atomic E-state index is 13.4. The minimum atomic E-state index is -1.63. The van der Waals surface area contributed by atoms with Crippen molar-refractivity contribution in [1.29, 1.82) is 0 Å². The Morgan fingerprint density at radius 3 is 2.79 bits per heavy atom. The molecule has 0 saturated heterocycles. The van der Waals surface area contributed by atoms with E-state index in [0.717, 1.165) is 21.1 Å². The number of nitrogens with one attached hydrogen (secondary N) is 1. The molecule has 1 amide bonds. The fourth-order valence-corrected chi connectivity index (χ4v) is 4.25. The molecule has 5 nitrogen and oxygen atoms in total. The molecule has 1 aliphatic heterocycles. The number of aliphatic hydroxyl groups is 1. The molecule has 0 radical (unpaired) electrons. The SMILES string of the molecule is Cc1ccc(Br)cc1N1C(=O)c2ccccc2C1(O)c1ccc2nc[nH]c2c1. The highest BCUT2D eigenvalue weighted by Crippen LogP contribution is 2.46. The number of benzene rings is 3. The largest absolute Gasteiger partial charge is 0.363 e. The Morgan fingerprint density at radius 2 is 1.93 bits per heavy atom. The minimum Gasteiger partial charge on any atom is -0.363 e. The van der Waals surface area contributed by atoms with Crippen LogP contribution in [0, 0.1) is 6.92 Å². The van der Waals surface area contributed by atoms with E-state index in [1.54, 1.807) is 18.5 Å². The molecule has 1 unspecified atom stereocenters. The number of aromatic nitrogens is 2. The van der Waals surface area contributed by atoms with E-state index in [9.17, 15) is 9.90 Å². The van der Waals surface area contributed by atoms with Gasteiger partial charge in [-0.05, 0) is 42.8 Å². The lowest BCUT2D eigenvalue weighted by Gasteiger charge is -2.35. The Bertz CT molecular complexity index is 1250. The summed E-state index contributed by atoms with van der Waals surface area (Å²) in [6.07, 6.45) is 1.61. The highest BCUT2D eigenvalue weighted by atomic mass is 79.9. The number of carbonyl (C=O) groups is 1. The number of amides is 1. The lowest BCUT2D eigenvalue weighted by atomic mass is 9.93. The third-order valence-corrected chi connectivity index (χ3v) is 5.79. The molecule has 0 fully saturated rings. The number of rotatable bonds is 2. The summed E-state index contributed by atoms with van der Waals surface area (Å²) in [7, 11) is 0. The van der Waals surface area contributed by atoms with Crippen LogP contribution < -0.4 is 4.90 Å². The van der Waals surface area contributed by atoms with Crippen molar-refractivity contribution in [1.82, 2.24) is 9.97 Å². The molecule has 0 aliphatic carbocycles. The van der Waals surface area contributed by atoms with Crippen molar-refractivity contribution in [2.45, 2.75) is 12.6 Å². The van der Waals surface area contributed by atoms with E-state index >= 15 is 0 Å². The molecule has 6 heteroatoms. The Balaban J connectivity index is 1.82. The van der Waals surface area contributed by atoms with Crippen LogP contribution in [0.25, 0.3) is 11.0 Å². The molecule has 3 aromatic carbocycles. The van der Waals surface area contributed by atoms with Gasteiger partial charge in [0.25, 0.3) is 5.91 Å². The summed E-state index contributed by atoms with van der Waals surface area (Å²) in [6.45, 7) is 1.93. The van der Waals surface area contributed by atoms with Crippen molar-refractivity contribution in [2.75, 3.05) is 4.90 Å². The lowest BCUT2D eigenvalue weighted by molar-refractivity contribution is 0.0703. The van der Waals surface area contributed by atoms with Gasteiger partial charge in [0.15, 0.2) is 5.72 Å². The van der Waals surface area contributed by atoms with Gasteiger partial charge in [0, 0.05) is 21.2 Å². The quantitative estimate of drug-likeness (QED) is 0.489. The summed E-state index contributed by atoms with van der Waals surface area (Å²) in [5.41, 5.74) is 3.18. The summed E-state index contributed by atoms with van der Waals surface area (Å²) in [6, 6.07) is 18.4. The number of hydrogen-bond acceptors (Lipinski definition) is 3. The number of aromatic amines is 1. The molecule has 1 atom stereocenters. The minimum absolute atomic E-state index is 0.232. The average Bonchev–Trinajstić information content (AvgIpc) is 3.26. The van der Waals surface area contributed by atoms with Crippen LogP contribution in [0.2, 0.25) is 0 Å². The highest BCUT2D eigenvalue weighted by molar-refractivity contribution is 9.10. The van der Waals surface area contributed by atoms with Gasteiger partial charge in [0.2, 0.25) is 0 Å². The molecule has 28 heavy (non-hydrogen) atoms. The summed E-state index contributed by atoms with van der Waals surface area (Å²) in [5.74, 6) is -0.232. The first kappa shape index (κ1) is 17.2. The van der Waals surface area contributed by atoms with E-state index in [2.05, 4.69) is 25.9 Å². The van der Waals surface area contributed by atoms with Crippen molar-refractivity contribution >= 4 is 38.6 Å². The van der Waals surface area contributed by atoms with Gasteiger partial charge in [-0.2, -0.15) is 0 Å². The second-order valence-corrected chi connectivity index (χ2v) is 7.84. The zero-order valence-electron chi connectivity index (χ0n) is 15.0. The molecule has 2 heterocycles. The number of hydrogen-bond donors (Lipinski definition) is 2. The molecule has 2 N–H and O–H groups in total. The summed E-state index contributed by atoms with van der Waals surface area (Å²) in [5, 5.41) is 12.1. The molecule has 0 bridgehead atoms. The summed E-state index contributed by atoms with van der Waals surface area (Å²) in [4.78, 5) is 22.2. The van der Waals surface area contributed by atoms with Crippen molar-refractivity contribution in [3.05, 3.63) is 93.7 Å². The molecule has 0 spiro atoms. The van der Waals surface area contributed by atoms with Crippen molar-refractivity contribution in [2.24, 2.45) is 0 Å². The Labute approximate surface area is 169 Å². The topological polar surface area (TPSA) is 69.2 Å². The van der Waals surface area contributed by atoms with E-state index in [4.69, 9.17) is 0 Å². The predicted octanol–water partition coefficient (Wildman–Crippen LogP) is 4.49. The first-order chi connectivity index (χ1) is 13.5. The maximum absolute atomic E-state index is 13.4. The van der Waals surface area contributed by atoms with Gasteiger partial charge in [-0.25, -0.2) is 4.98 Å². The molecule has 138 valence electrons. The van der Waals surface area contributed by atoms with Gasteiger partial charge in [-0.1, -0.05) is 46.3 Å². The van der Waals surface area contributed by atoms with E-state index in [1.807, 2.05) is 55.5 Å². The number of anilines is 1. The number of imidazole rings is 1. The van der Waals surface area contributed by atoms with Gasteiger partial charge in [0.1, 0.15) is 0 Å². The van der Waals surface area contributed by atoms with Crippen LogP contribution in [0.4, 0.5) is 5.69 Å². The standard InChI is InChI=1S/C22H16BrN3O2/c1-13-6-8-15(23)11-20(13)26-21(27)16-4-2-3-5-17(16)22(26,28)14-7-9-18-19(10-14)25-12-24-18/h2-12,28H,1H3,(H,24,25). The van der Waals surface area contributed by atoms with Crippen LogP contribution in [0.1, 0.15) is 27.0 Å². The highest BCUT2D eigenvalue weighted by Gasteiger charge is 2.51. The van der Waals surface area contributed by atoms with Crippen molar-refractivity contribution in [3.63, 3.8) is 0 Å². The number of fused-ring (bicyclic) bond motifs is 2. The fourth-order valence-electron chi connectivity index (χ4n) is 3.91. The zero-order chi connectivity index (χ0) is 19.5. The van der Waals surface area contributed by atoms with Crippen molar-refractivity contribution in [3.8, 4) is 0 Å². The molecule has 5 rings (SSSR count). The first-order valence-electron chi connectivity index (χ1n) is 8.86. The second-order valence-electron chi connectivity index (χ2n) is 6.92. The number of aryl methyl sites for hydroxylation is 1. The zero-order valence-corrected chi connectivity index (χ0v) is 16.6. The van der Waals surface area contributed by atoms with Crippen LogP contribution in [-0.2, 0) is 5.72 Å². The number of halogens is 1. The molecular formula is C22H16BrN3O2. The lowest BCUT2D eigenvalue weighted by Crippen LogP contribution is -2.45. The fraction of sp³-hybridized carbons (Fsp3) is 0.0909. The summed E-state index contributed by atoms with van der Waals surface area (Å²) < 4.78 is 0.836. The molecule has 4 aromatic rings. The van der Waals surface area contributed by atoms with E-state index in [1.165, 1.54) is 4.90 Å². The predicted molar refractivity (Wildman–Crippen MR) is 111 cm³/mol. The Hall–Kier alpha value is -2.96. The van der Waals surface area contributed by atoms with Crippen LogP contribution in [0.5, 0.6) is 0 Å². The first-order valence-corrected chi connectivity index (χ1v) is 9.65. The van der Waals surface area contributed by atoms with Gasteiger partial charge in [-0.15, -0.1) is 0 Å². The number of nitrogens with zero attached hydrogens (tertiary/aromatic N) is 2. The second kappa shape index (κ2) is 6.02. The normalized spacial score (nSPS) is 18.7. The molecule has 1 aliphatic rings. The van der Waals surface area contributed by atoms with Gasteiger partial charge in [-0.3, -0.25) is 9.69 Å². The van der Waals surface area contributed by atoms with E-state index in [-0.39, 0.29) is 5.91 Å². The summed E-state index contributed by atoms with van der Waals surface area (Å²) >= 11 is 3.49. The van der Waals surface area contributed by atoms with Gasteiger partial charge < -0.3 is 10.1 Å². The van der Waals surface area contributed by atoms with Crippen molar-refractivity contribution < 1.29 is 9.90 Å². The Morgan fingerprint density at radius 1 is 1.11 bits per heavy atom. The number of carbonyl (C=O) groups excluding carboxylic acids is 1. The molecule has 0 saturated carbocycles. The van der Waals surface area contributed by atoms with E-state index in [0.29, 0.717) is 22.4 Å². The third kappa shape index (κ3) is 2.28. The smallest absolute Gasteiger partial charge is 0.261 e. The average molecular weight is 434 g/mol. The van der Waals surface area contributed by atoms with Crippen LogP contribution in [-0.4, -0.2) is 21.0 Å². The van der Waals surface area contributed by atoms with Crippen LogP contribution >= 0.6 is 15.9 Å². The third-order valence-electron chi connectivity index (χ3n) is 5.29. The van der Waals surface area contributed by atoms with Crippen LogP contribution in [0.3, 0.4) is 0 Å². The number of H-pyrrole nitrogens is 1. The van der Waals surface area contributed by atoms with Gasteiger partial charge in [0.05, 0.1) is 23.0 Å². The van der Waals surface area contributed by atoms with Crippen LogP contribution in [0.15, 0.2) is 71.5 Å². The van der Waals surface area contributed by atoms with Gasteiger partial charge >= 0.3 is 0 Å². The Kier molecular flexibility index (Phi) is 3.69. The maximum Gasteiger partial charge on any atom is 0.261 e.